The summed E-state index contributed by atoms with van der Waals surface area (Å²) >= 11 is 0. The molecule has 0 saturated carbocycles. The van der Waals surface area contributed by atoms with Crippen LogP contribution in [0, 0.1) is 11.6 Å². The third kappa shape index (κ3) is 3.36. The highest BCUT2D eigenvalue weighted by molar-refractivity contribution is 5.99. The van der Waals surface area contributed by atoms with E-state index in [-0.39, 0.29) is 22.9 Å². The van der Waals surface area contributed by atoms with E-state index in [2.05, 4.69) is 21.4 Å². The van der Waals surface area contributed by atoms with Crippen LogP contribution in [0.4, 0.5) is 14.5 Å². The van der Waals surface area contributed by atoms with Gasteiger partial charge in [0.15, 0.2) is 5.82 Å². The highest BCUT2D eigenvalue weighted by Crippen LogP contribution is 2.34. The molecule has 0 radical (unpaired) electrons. The van der Waals surface area contributed by atoms with E-state index in [1.165, 1.54) is 18.2 Å². The number of hydrogen-bond acceptors (Lipinski definition) is 4. The highest BCUT2D eigenvalue weighted by Gasteiger charge is 2.23. The Hall–Kier alpha value is -3.87. The van der Waals surface area contributed by atoms with Gasteiger partial charge in [0.1, 0.15) is 17.0 Å². The first-order valence-corrected chi connectivity index (χ1v) is 10.3. The third-order valence-electron chi connectivity index (χ3n) is 5.91. The van der Waals surface area contributed by atoms with Crippen molar-refractivity contribution in [3.63, 3.8) is 0 Å². The van der Waals surface area contributed by atoms with Crippen molar-refractivity contribution in [3.05, 3.63) is 79.1 Å². The first-order chi connectivity index (χ1) is 15.6. The molecule has 0 bridgehead atoms. The van der Waals surface area contributed by atoms with E-state index >= 15 is 4.39 Å². The minimum atomic E-state index is -0.512. The molecule has 1 saturated heterocycles. The number of carbonyl (C=O) groups excluding carboxylic acids is 1. The first-order valence-electron chi connectivity index (χ1n) is 10.3. The normalized spacial score (nSPS) is 14.2. The molecule has 0 unspecified atom stereocenters. The number of carbonyl (C=O) groups is 1. The van der Waals surface area contributed by atoms with E-state index in [0.29, 0.717) is 42.5 Å². The van der Waals surface area contributed by atoms with Gasteiger partial charge in [-0.3, -0.25) is 14.8 Å². The number of benzene rings is 2. The van der Waals surface area contributed by atoms with Crippen molar-refractivity contribution in [1.29, 1.82) is 0 Å². The van der Waals surface area contributed by atoms with Gasteiger partial charge in [0.2, 0.25) is 5.91 Å². The summed E-state index contributed by atoms with van der Waals surface area (Å²) in [5.41, 5.74) is 1.83. The number of halogens is 2. The fraction of sp³-hybridized carbons (Fsp3) is 0.160. The van der Waals surface area contributed by atoms with E-state index < -0.39 is 5.82 Å². The van der Waals surface area contributed by atoms with Crippen LogP contribution in [0.25, 0.3) is 32.9 Å². The van der Waals surface area contributed by atoms with Crippen LogP contribution in [0.15, 0.2) is 67.5 Å². The molecule has 0 spiro atoms. The molecule has 4 aromatic rings. The lowest BCUT2D eigenvalue weighted by atomic mass is 10.0. The van der Waals surface area contributed by atoms with Crippen LogP contribution >= 0.6 is 0 Å². The molecule has 1 amide bonds. The number of fused-ring (bicyclic) bond motifs is 2. The van der Waals surface area contributed by atoms with Crippen LogP contribution in [0.3, 0.4) is 0 Å². The predicted octanol–water partition coefficient (Wildman–Crippen LogP) is 4.56. The Bertz CT molecular complexity index is 1360. The molecule has 1 aliphatic heterocycles. The van der Waals surface area contributed by atoms with Crippen LogP contribution in [0.2, 0.25) is 0 Å². The number of amides is 1. The lowest BCUT2D eigenvalue weighted by Crippen LogP contribution is -2.48. The molecule has 5 rings (SSSR count). The van der Waals surface area contributed by atoms with Gasteiger partial charge in [0.05, 0.1) is 0 Å². The van der Waals surface area contributed by atoms with Crippen molar-refractivity contribution in [1.82, 2.24) is 14.9 Å². The zero-order chi connectivity index (χ0) is 22.2. The molecule has 2 aromatic heterocycles. The van der Waals surface area contributed by atoms with E-state index in [9.17, 15) is 9.18 Å². The molecular weight excluding hydrogens is 410 g/mol. The molecule has 7 heteroatoms. The summed E-state index contributed by atoms with van der Waals surface area (Å²) in [6.07, 6.45) is 4.55. The van der Waals surface area contributed by atoms with Crippen molar-refractivity contribution in [2.45, 2.75) is 0 Å². The smallest absolute Gasteiger partial charge is 0.246 e. The summed E-state index contributed by atoms with van der Waals surface area (Å²) in [6, 6.07) is 11.6. The second-order valence-corrected chi connectivity index (χ2v) is 7.70. The third-order valence-corrected chi connectivity index (χ3v) is 5.91. The van der Waals surface area contributed by atoms with Crippen LogP contribution in [0.5, 0.6) is 0 Å². The number of anilines is 1. The maximum Gasteiger partial charge on any atom is 0.246 e. The number of pyridine rings is 2. The van der Waals surface area contributed by atoms with Crippen molar-refractivity contribution in [2.24, 2.45) is 0 Å². The Kier molecular flexibility index (Phi) is 5.01. The summed E-state index contributed by atoms with van der Waals surface area (Å²) in [5, 5.41) is 2.01. The molecule has 0 aliphatic carbocycles. The Morgan fingerprint density at radius 2 is 1.81 bits per heavy atom. The summed E-state index contributed by atoms with van der Waals surface area (Å²) in [7, 11) is 0. The molecule has 0 atom stereocenters. The second kappa shape index (κ2) is 8.00. The maximum absolute atomic E-state index is 15.6. The summed E-state index contributed by atoms with van der Waals surface area (Å²) in [5.74, 6) is -0.944. The molecule has 3 heterocycles. The van der Waals surface area contributed by atoms with E-state index in [4.69, 9.17) is 0 Å². The molecule has 2 aromatic carbocycles. The van der Waals surface area contributed by atoms with Gasteiger partial charge >= 0.3 is 0 Å². The fourth-order valence-corrected chi connectivity index (χ4v) is 4.28. The van der Waals surface area contributed by atoms with Crippen LogP contribution in [-0.4, -0.2) is 47.0 Å². The predicted molar refractivity (Wildman–Crippen MR) is 121 cm³/mol. The largest absolute Gasteiger partial charge is 0.367 e. The monoisotopic (exact) mass is 430 g/mol. The van der Waals surface area contributed by atoms with Crippen molar-refractivity contribution >= 4 is 33.3 Å². The molecule has 1 fully saturated rings. The average molecular weight is 430 g/mol. The zero-order valence-electron chi connectivity index (χ0n) is 17.3. The lowest BCUT2D eigenvalue weighted by molar-refractivity contribution is -0.126. The van der Waals surface area contributed by atoms with Crippen LogP contribution in [-0.2, 0) is 4.79 Å². The van der Waals surface area contributed by atoms with Gasteiger partial charge in [0, 0.05) is 55.2 Å². The quantitative estimate of drug-likeness (QED) is 0.447. The standard InChI is InChI=1S/C25H20F2N4O/c1-2-22(32)31-12-10-30(11-13-31)21-8-9-28-25-20(21)15-29-24(23(25)27)19-5-3-4-16-14-17(26)6-7-18(16)19/h2-9,14-15H,1,10-13H2. The van der Waals surface area contributed by atoms with E-state index in [0.717, 1.165) is 11.1 Å². The van der Waals surface area contributed by atoms with E-state index in [1.807, 2.05) is 6.07 Å². The molecule has 32 heavy (non-hydrogen) atoms. The Morgan fingerprint density at radius 1 is 1.00 bits per heavy atom. The van der Waals surface area contributed by atoms with Gasteiger partial charge < -0.3 is 9.80 Å². The van der Waals surface area contributed by atoms with Gasteiger partial charge in [-0.25, -0.2) is 8.78 Å². The van der Waals surface area contributed by atoms with Crippen LogP contribution in [0.1, 0.15) is 0 Å². The van der Waals surface area contributed by atoms with Gasteiger partial charge in [-0.1, -0.05) is 30.8 Å². The van der Waals surface area contributed by atoms with Crippen molar-refractivity contribution in [2.75, 3.05) is 31.1 Å². The summed E-state index contributed by atoms with van der Waals surface area (Å²) in [4.78, 5) is 24.4. The van der Waals surface area contributed by atoms with Gasteiger partial charge in [-0.05, 0) is 35.0 Å². The molecule has 5 nitrogen and oxygen atoms in total. The number of nitrogens with zero attached hydrogens (tertiary/aromatic N) is 4. The van der Waals surface area contributed by atoms with Crippen LogP contribution < -0.4 is 4.90 Å². The summed E-state index contributed by atoms with van der Waals surface area (Å²) in [6.45, 7) is 5.91. The Balaban J connectivity index is 1.56. The number of aromatic nitrogens is 2. The van der Waals surface area contributed by atoms with Gasteiger partial charge in [-0.15, -0.1) is 0 Å². The van der Waals surface area contributed by atoms with Crippen molar-refractivity contribution < 1.29 is 13.6 Å². The SMILES string of the molecule is C=CC(=O)N1CCN(c2ccnc3c(F)c(-c4cccc5cc(F)ccc45)ncc23)CC1. The Morgan fingerprint density at radius 3 is 2.59 bits per heavy atom. The lowest BCUT2D eigenvalue weighted by Gasteiger charge is -2.36. The minimum absolute atomic E-state index is 0.0865. The van der Waals surface area contributed by atoms with Gasteiger partial charge in [-0.2, -0.15) is 0 Å². The van der Waals surface area contributed by atoms with E-state index in [1.54, 1.807) is 41.6 Å². The molecular formula is C25H20F2N4O. The topological polar surface area (TPSA) is 49.3 Å². The molecule has 1 aliphatic rings. The number of piperazine rings is 1. The molecule has 0 N–H and O–H groups in total. The van der Waals surface area contributed by atoms with Gasteiger partial charge in [0.25, 0.3) is 0 Å². The zero-order valence-corrected chi connectivity index (χ0v) is 17.3. The second-order valence-electron chi connectivity index (χ2n) is 7.70. The Labute approximate surface area is 183 Å². The maximum atomic E-state index is 15.6. The average Bonchev–Trinajstić information content (AvgIpc) is 2.83. The number of rotatable bonds is 3. The fourth-order valence-electron chi connectivity index (χ4n) is 4.28. The summed E-state index contributed by atoms with van der Waals surface area (Å²) < 4.78 is 29.3. The minimum Gasteiger partial charge on any atom is -0.367 e. The first kappa shape index (κ1) is 20.1. The highest BCUT2D eigenvalue weighted by atomic mass is 19.1. The molecule has 160 valence electrons. The van der Waals surface area contributed by atoms with Crippen molar-refractivity contribution in [3.8, 4) is 11.3 Å². The number of hydrogen-bond donors (Lipinski definition) is 0.